The Bertz CT molecular complexity index is 349. The number of nitrogens with one attached hydrogen (secondary N) is 1. The van der Waals surface area contributed by atoms with Gasteiger partial charge in [-0.25, -0.2) is 0 Å². The van der Waals surface area contributed by atoms with Gasteiger partial charge in [-0.3, -0.25) is 0 Å². The number of aliphatic hydroxyl groups excluding tert-OH is 1. The van der Waals surface area contributed by atoms with Crippen LogP contribution in [0.3, 0.4) is 0 Å². The van der Waals surface area contributed by atoms with E-state index >= 15 is 0 Å². The van der Waals surface area contributed by atoms with E-state index in [-0.39, 0.29) is 0 Å². The van der Waals surface area contributed by atoms with E-state index in [2.05, 4.69) is 5.32 Å². The Hall–Kier alpha value is -0.880. The van der Waals surface area contributed by atoms with Crippen molar-refractivity contribution in [3.8, 4) is 0 Å². The third kappa shape index (κ3) is 7.09. The van der Waals surface area contributed by atoms with Crippen LogP contribution >= 0.6 is 0 Å². The van der Waals surface area contributed by atoms with Crippen LogP contribution in [-0.2, 0) is 16.1 Å². The standard InChI is InChI=1S/C16H27NO4/c18-14(12-19-13-16-7-4-9-20-16)11-17-8-10-21-15-5-2-1-3-6-15/h4,7,9,14-15,17-18H,1-3,5-6,8,10-13H2. The number of ether oxygens (including phenoxy) is 2. The predicted octanol–water partition coefficient (Wildman–Crippen LogP) is 2.10. The number of rotatable bonds is 10. The molecule has 21 heavy (non-hydrogen) atoms. The highest BCUT2D eigenvalue weighted by atomic mass is 16.5. The molecule has 2 N–H and O–H groups in total. The molecule has 1 aromatic rings. The van der Waals surface area contributed by atoms with Gasteiger partial charge in [-0.15, -0.1) is 0 Å². The summed E-state index contributed by atoms with van der Waals surface area (Å²) in [7, 11) is 0. The maximum absolute atomic E-state index is 9.77. The number of hydrogen-bond donors (Lipinski definition) is 2. The van der Waals surface area contributed by atoms with Gasteiger partial charge in [0.1, 0.15) is 12.4 Å². The number of aliphatic hydroxyl groups is 1. The lowest BCUT2D eigenvalue weighted by molar-refractivity contribution is 0.0156. The molecule has 0 aliphatic heterocycles. The minimum Gasteiger partial charge on any atom is -0.467 e. The second kappa shape index (κ2) is 9.95. The van der Waals surface area contributed by atoms with Crippen LogP contribution in [0.1, 0.15) is 37.9 Å². The molecule has 1 atom stereocenters. The van der Waals surface area contributed by atoms with Gasteiger partial charge < -0.3 is 24.3 Å². The van der Waals surface area contributed by atoms with Crippen LogP contribution < -0.4 is 5.32 Å². The van der Waals surface area contributed by atoms with Gasteiger partial charge >= 0.3 is 0 Å². The van der Waals surface area contributed by atoms with Crippen molar-refractivity contribution in [2.45, 2.75) is 50.9 Å². The molecule has 5 nitrogen and oxygen atoms in total. The summed E-state index contributed by atoms with van der Waals surface area (Å²) >= 11 is 0. The van der Waals surface area contributed by atoms with Crippen LogP contribution in [-0.4, -0.2) is 43.6 Å². The quantitative estimate of drug-likeness (QED) is 0.648. The van der Waals surface area contributed by atoms with Gasteiger partial charge in [-0.05, 0) is 25.0 Å². The molecule has 1 fully saturated rings. The van der Waals surface area contributed by atoms with Crippen molar-refractivity contribution < 1.29 is 19.0 Å². The molecule has 1 aliphatic rings. The fourth-order valence-electron chi connectivity index (χ4n) is 2.55. The lowest BCUT2D eigenvalue weighted by Crippen LogP contribution is -2.33. The normalized spacial score (nSPS) is 18.0. The SMILES string of the molecule is OC(CNCCOC1CCCCC1)COCc1ccco1. The van der Waals surface area contributed by atoms with Crippen molar-refractivity contribution in [2.75, 3.05) is 26.3 Å². The molecule has 1 heterocycles. The van der Waals surface area contributed by atoms with Gasteiger partial charge in [0.05, 0.1) is 31.7 Å². The van der Waals surface area contributed by atoms with Gasteiger partial charge in [0, 0.05) is 13.1 Å². The maximum Gasteiger partial charge on any atom is 0.129 e. The molecular weight excluding hydrogens is 270 g/mol. The van der Waals surface area contributed by atoms with E-state index in [1.165, 1.54) is 32.1 Å². The monoisotopic (exact) mass is 297 g/mol. The van der Waals surface area contributed by atoms with Gasteiger partial charge in [0.2, 0.25) is 0 Å². The van der Waals surface area contributed by atoms with E-state index in [1.807, 2.05) is 12.1 Å². The van der Waals surface area contributed by atoms with E-state index in [0.717, 1.165) is 12.3 Å². The molecule has 1 aliphatic carbocycles. The average molecular weight is 297 g/mol. The summed E-state index contributed by atoms with van der Waals surface area (Å²) in [4.78, 5) is 0. The Morgan fingerprint density at radius 2 is 2.19 bits per heavy atom. The summed E-state index contributed by atoms with van der Waals surface area (Å²) < 4.78 is 16.3. The summed E-state index contributed by atoms with van der Waals surface area (Å²) in [5.41, 5.74) is 0. The molecule has 0 saturated heterocycles. The molecule has 2 rings (SSSR count). The van der Waals surface area contributed by atoms with Crippen LogP contribution in [0.5, 0.6) is 0 Å². The van der Waals surface area contributed by atoms with Gasteiger partial charge in [-0.1, -0.05) is 19.3 Å². The highest BCUT2D eigenvalue weighted by molar-refractivity contribution is 4.96. The lowest BCUT2D eigenvalue weighted by atomic mass is 9.98. The molecule has 0 amide bonds. The summed E-state index contributed by atoms with van der Waals surface area (Å²) in [5, 5.41) is 13.0. The van der Waals surface area contributed by atoms with E-state index < -0.39 is 6.10 Å². The molecule has 0 spiro atoms. The zero-order valence-electron chi connectivity index (χ0n) is 12.6. The Labute approximate surface area is 126 Å². The number of hydrogen-bond acceptors (Lipinski definition) is 5. The summed E-state index contributed by atoms with van der Waals surface area (Å²) in [6.07, 6.45) is 7.89. The van der Waals surface area contributed by atoms with Crippen molar-refractivity contribution in [3.63, 3.8) is 0 Å². The fourth-order valence-corrected chi connectivity index (χ4v) is 2.55. The molecule has 1 aromatic heterocycles. The Kier molecular flexibility index (Phi) is 7.81. The highest BCUT2D eigenvalue weighted by Gasteiger charge is 2.13. The average Bonchev–Trinajstić information content (AvgIpc) is 3.01. The Morgan fingerprint density at radius 1 is 1.33 bits per heavy atom. The highest BCUT2D eigenvalue weighted by Crippen LogP contribution is 2.19. The number of furan rings is 1. The largest absolute Gasteiger partial charge is 0.467 e. The topological polar surface area (TPSA) is 63.9 Å². The predicted molar refractivity (Wildman–Crippen MR) is 80.1 cm³/mol. The van der Waals surface area contributed by atoms with E-state index in [9.17, 15) is 5.11 Å². The third-order valence-corrected chi connectivity index (χ3v) is 3.70. The van der Waals surface area contributed by atoms with Crippen molar-refractivity contribution in [3.05, 3.63) is 24.2 Å². The van der Waals surface area contributed by atoms with Crippen LogP contribution in [0, 0.1) is 0 Å². The third-order valence-electron chi connectivity index (χ3n) is 3.70. The minimum absolute atomic E-state index is 0.303. The van der Waals surface area contributed by atoms with Crippen LogP contribution in [0.25, 0.3) is 0 Å². The van der Waals surface area contributed by atoms with E-state index in [0.29, 0.717) is 32.5 Å². The second-order valence-corrected chi connectivity index (χ2v) is 5.58. The molecule has 0 aromatic carbocycles. The van der Waals surface area contributed by atoms with Crippen molar-refractivity contribution >= 4 is 0 Å². The fraction of sp³-hybridized carbons (Fsp3) is 0.750. The minimum atomic E-state index is -0.505. The summed E-state index contributed by atoms with van der Waals surface area (Å²) in [5.74, 6) is 0.774. The molecule has 1 saturated carbocycles. The molecule has 120 valence electrons. The molecule has 0 bridgehead atoms. The Balaban J connectivity index is 1.41. The second-order valence-electron chi connectivity index (χ2n) is 5.58. The first-order valence-electron chi connectivity index (χ1n) is 7.95. The lowest BCUT2D eigenvalue weighted by Gasteiger charge is -2.22. The van der Waals surface area contributed by atoms with Gasteiger partial charge in [0.15, 0.2) is 0 Å². The van der Waals surface area contributed by atoms with Gasteiger partial charge in [0.25, 0.3) is 0 Å². The van der Waals surface area contributed by atoms with Gasteiger partial charge in [-0.2, -0.15) is 0 Å². The van der Waals surface area contributed by atoms with Crippen molar-refractivity contribution in [2.24, 2.45) is 0 Å². The smallest absolute Gasteiger partial charge is 0.129 e. The molecule has 0 radical (unpaired) electrons. The van der Waals surface area contributed by atoms with E-state index in [1.54, 1.807) is 6.26 Å². The van der Waals surface area contributed by atoms with Crippen LogP contribution in [0.4, 0.5) is 0 Å². The zero-order chi connectivity index (χ0) is 14.8. The van der Waals surface area contributed by atoms with Crippen molar-refractivity contribution in [1.29, 1.82) is 0 Å². The van der Waals surface area contributed by atoms with Crippen LogP contribution in [0.15, 0.2) is 22.8 Å². The summed E-state index contributed by atoms with van der Waals surface area (Å²) in [6.45, 7) is 2.70. The van der Waals surface area contributed by atoms with Crippen LogP contribution in [0.2, 0.25) is 0 Å². The molecular formula is C16H27NO4. The first-order chi connectivity index (χ1) is 10.3. The molecule has 5 heteroatoms. The van der Waals surface area contributed by atoms with Crippen molar-refractivity contribution in [1.82, 2.24) is 5.32 Å². The zero-order valence-corrected chi connectivity index (χ0v) is 12.6. The Morgan fingerprint density at radius 3 is 2.95 bits per heavy atom. The molecule has 1 unspecified atom stereocenters. The maximum atomic E-state index is 9.77. The first-order valence-corrected chi connectivity index (χ1v) is 7.95. The summed E-state index contributed by atoms with van der Waals surface area (Å²) in [6, 6.07) is 3.68. The van der Waals surface area contributed by atoms with E-state index in [4.69, 9.17) is 13.9 Å². The first kappa shape index (κ1) is 16.5.